The van der Waals surface area contributed by atoms with E-state index in [-0.39, 0.29) is 17.7 Å². The fourth-order valence-electron chi connectivity index (χ4n) is 3.49. The van der Waals surface area contributed by atoms with Gasteiger partial charge in [0.05, 0.1) is 17.8 Å². The molecule has 2 amide bonds. The van der Waals surface area contributed by atoms with Crippen LogP contribution in [-0.4, -0.2) is 39.8 Å². The molecule has 1 aliphatic heterocycles. The van der Waals surface area contributed by atoms with Crippen LogP contribution in [0.25, 0.3) is 10.6 Å². The second kappa shape index (κ2) is 9.06. The van der Waals surface area contributed by atoms with Gasteiger partial charge in [-0.15, -0.1) is 22.7 Å². The Labute approximate surface area is 184 Å². The molecule has 0 bridgehead atoms. The molecular weight excluding hydrogens is 416 g/mol. The lowest BCUT2D eigenvalue weighted by Crippen LogP contribution is -2.42. The van der Waals surface area contributed by atoms with E-state index >= 15 is 0 Å². The number of benzene rings is 1. The molecule has 0 aliphatic carbocycles. The lowest BCUT2D eigenvalue weighted by atomic mass is 9.95. The summed E-state index contributed by atoms with van der Waals surface area (Å²) in [7, 11) is 0. The number of hydrogen-bond donors (Lipinski definition) is 1. The highest BCUT2D eigenvalue weighted by Crippen LogP contribution is 2.25. The Morgan fingerprint density at radius 1 is 1.07 bits per heavy atom. The minimum Gasteiger partial charge on any atom is -0.342 e. The number of nitrogens with one attached hydrogen (secondary N) is 1. The molecule has 1 N–H and O–H groups in total. The van der Waals surface area contributed by atoms with E-state index in [0.717, 1.165) is 22.0 Å². The molecule has 1 saturated heterocycles. The Morgan fingerprint density at radius 3 is 2.47 bits per heavy atom. The number of amides is 2. The van der Waals surface area contributed by atoms with Crippen molar-refractivity contribution in [2.75, 3.05) is 18.4 Å². The average Bonchev–Trinajstić information content (AvgIpc) is 3.37. The first kappa shape index (κ1) is 20.7. The minimum absolute atomic E-state index is 0.00121. The molecule has 3 heterocycles. The standard InChI is InChI=1S/C22H24N4O2S2/c1-14-3-5-17(6-4-14)21-24-18(13-29-21)11-19(27)26-9-7-16(8-10-26)20(28)25-22-23-15(2)12-30-22/h3-6,12-13,16H,7-11H2,1-2H3,(H,23,25,28). The number of hydrogen-bond acceptors (Lipinski definition) is 6. The van der Waals surface area contributed by atoms with Crippen molar-refractivity contribution in [1.29, 1.82) is 0 Å². The van der Waals surface area contributed by atoms with Crippen molar-refractivity contribution in [3.63, 3.8) is 0 Å². The van der Waals surface area contributed by atoms with Crippen LogP contribution in [0.4, 0.5) is 5.13 Å². The Hall–Kier alpha value is -2.58. The lowest BCUT2D eigenvalue weighted by molar-refractivity contribution is -0.133. The van der Waals surface area contributed by atoms with Crippen LogP contribution in [0.3, 0.4) is 0 Å². The molecule has 2 aromatic heterocycles. The van der Waals surface area contributed by atoms with Crippen LogP contribution in [-0.2, 0) is 16.0 Å². The molecule has 156 valence electrons. The minimum atomic E-state index is -0.0781. The number of thiazole rings is 2. The van der Waals surface area contributed by atoms with E-state index in [1.807, 2.05) is 22.6 Å². The summed E-state index contributed by atoms with van der Waals surface area (Å²) in [4.78, 5) is 35.9. The molecule has 1 fully saturated rings. The number of likely N-dealkylation sites (tertiary alicyclic amines) is 1. The van der Waals surface area contributed by atoms with Crippen LogP contribution in [0.1, 0.15) is 29.8 Å². The molecular formula is C22H24N4O2S2. The third kappa shape index (κ3) is 4.94. The van der Waals surface area contributed by atoms with Crippen molar-refractivity contribution < 1.29 is 9.59 Å². The maximum Gasteiger partial charge on any atom is 0.229 e. The van der Waals surface area contributed by atoms with Gasteiger partial charge in [0, 0.05) is 35.3 Å². The zero-order valence-corrected chi connectivity index (χ0v) is 18.7. The Balaban J connectivity index is 1.28. The lowest BCUT2D eigenvalue weighted by Gasteiger charge is -2.31. The number of anilines is 1. The third-order valence-corrected chi connectivity index (χ3v) is 7.07. The zero-order valence-electron chi connectivity index (χ0n) is 17.1. The fraction of sp³-hybridized carbons (Fsp3) is 0.364. The molecule has 1 aliphatic rings. The number of carbonyl (C=O) groups is 2. The summed E-state index contributed by atoms with van der Waals surface area (Å²) in [6.45, 7) is 5.16. The molecule has 8 heteroatoms. The number of carbonyl (C=O) groups excluding carboxylic acids is 2. The molecule has 6 nitrogen and oxygen atoms in total. The second-order valence-electron chi connectivity index (χ2n) is 7.63. The SMILES string of the molecule is Cc1ccc(-c2nc(CC(=O)N3CCC(C(=O)Nc4nc(C)cs4)CC3)cs2)cc1. The third-order valence-electron chi connectivity index (χ3n) is 5.25. The van der Waals surface area contributed by atoms with Gasteiger partial charge in [-0.2, -0.15) is 0 Å². The first-order chi connectivity index (χ1) is 14.5. The highest BCUT2D eigenvalue weighted by Gasteiger charge is 2.28. The van der Waals surface area contributed by atoms with Gasteiger partial charge in [0.25, 0.3) is 0 Å². The van der Waals surface area contributed by atoms with Gasteiger partial charge in [-0.1, -0.05) is 29.8 Å². The van der Waals surface area contributed by atoms with Crippen molar-refractivity contribution in [3.8, 4) is 10.6 Å². The van der Waals surface area contributed by atoms with Crippen LogP contribution in [0, 0.1) is 19.8 Å². The average molecular weight is 441 g/mol. The predicted molar refractivity (Wildman–Crippen MR) is 121 cm³/mol. The summed E-state index contributed by atoms with van der Waals surface area (Å²) >= 11 is 3.00. The van der Waals surface area contributed by atoms with Gasteiger partial charge < -0.3 is 10.2 Å². The summed E-state index contributed by atoms with van der Waals surface area (Å²) in [5.74, 6) is -0.00507. The van der Waals surface area contributed by atoms with Crippen LogP contribution in [0.5, 0.6) is 0 Å². The van der Waals surface area contributed by atoms with Gasteiger partial charge >= 0.3 is 0 Å². The number of aromatic nitrogens is 2. The summed E-state index contributed by atoms with van der Waals surface area (Å²) in [5.41, 5.74) is 4.00. The normalized spacial score (nSPS) is 14.7. The quantitative estimate of drug-likeness (QED) is 0.642. The van der Waals surface area contributed by atoms with E-state index < -0.39 is 0 Å². The monoisotopic (exact) mass is 440 g/mol. The van der Waals surface area contributed by atoms with Crippen molar-refractivity contribution in [1.82, 2.24) is 14.9 Å². The fourth-order valence-corrected chi connectivity index (χ4v) is 5.01. The first-order valence-electron chi connectivity index (χ1n) is 10.00. The van der Waals surface area contributed by atoms with Gasteiger partial charge in [0.15, 0.2) is 5.13 Å². The summed E-state index contributed by atoms with van der Waals surface area (Å²) in [5, 5.41) is 8.35. The summed E-state index contributed by atoms with van der Waals surface area (Å²) < 4.78 is 0. The smallest absolute Gasteiger partial charge is 0.229 e. The highest BCUT2D eigenvalue weighted by atomic mass is 32.1. The van der Waals surface area contributed by atoms with E-state index in [0.29, 0.717) is 37.5 Å². The van der Waals surface area contributed by atoms with Crippen molar-refractivity contribution >= 4 is 39.6 Å². The first-order valence-corrected chi connectivity index (χ1v) is 11.8. The summed E-state index contributed by atoms with van der Waals surface area (Å²) in [6, 6.07) is 8.25. The van der Waals surface area contributed by atoms with E-state index in [1.54, 1.807) is 11.3 Å². The number of piperidine rings is 1. The van der Waals surface area contributed by atoms with Crippen molar-refractivity contribution in [2.24, 2.45) is 5.92 Å². The van der Waals surface area contributed by atoms with Gasteiger partial charge in [0.2, 0.25) is 11.8 Å². The highest BCUT2D eigenvalue weighted by molar-refractivity contribution is 7.14. The van der Waals surface area contributed by atoms with E-state index in [9.17, 15) is 9.59 Å². The molecule has 30 heavy (non-hydrogen) atoms. The van der Waals surface area contributed by atoms with Crippen LogP contribution in [0.2, 0.25) is 0 Å². The maximum absolute atomic E-state index is 12.7. The van der Waals surface area contributed by atoms with Crippen LogP contribution >= 0.6 is 22.7 Å². The number of aryl methyl sites for hydroxylation is 2. The van der Waals surface area contributed by atoms with Crippen molar-refractivity contribution in [2.45, 2.75) is 33.1 Å². The van der Waals surface area contributed by atoms with Gasteiger partial charge in [-0.25, -0.2) is 9.97 Å². The molecule has 0 atom stereocenters. The van der Waals surface area contributed by atoms with E-state index in [1.165, 1.54) is 16.9 Å². The molecule has 3 aromatic rings. The zero-order chi connectivity index (χ0) is 21.1. The molecule has 0 radical (unpaired) electrons. The van der Waals surface area contributed by atoms with Crippen molar-refractivity contribution in [3.05, 3.63) is 52.0 Å². The molecule has 0 saturated carbocycles. The van der Waals surface area contributed by atoms with Crippen LogP contribution < -0.4 is 5.32 Å². The number of nitrogens with zero attached hydrogens (tertiary/aromatic N) is 3. The van der Waals surface area contributed by atoms with Gasteiger partial charge in [0.1, 0.15) is 5.01 Å². The van der Waals surface area contributed by atoms with Gasteiger partial charge in [-0.05, 0) is 26.7 Å². The molecule has 0 unspecified atom stereocenters. The molecule has 0 spiro atoms. The number of rotatable bonds is 5. The Morgan fingerprint density at radius 2 is 1.80 bits per heavy atom. The molecule has 1 aromatic carbocycles. The topological polar surface area (TPSA) is 75.2 Å². The Bertz CT molecular complexity index is 1030. The molecule has 4 rings (SSSR count). The van der Waals surface area contributed by atoms with Gasteiger partial charge in [-0.3, -0.25) is 9.59 Å². The largest absolute Gasteiger partial charge is 0.342 e. The predicted octanol–water partition coefficient (Wildman–Crippen LogP) is 4.30. The summed E-state index contributed by atoms with van der Waals surface area (Å²) in [6.07, 6.45) is 1.65. The van der Waals surface area contributed by atoms with E-state index in [2.05, 4.69) is 46.5 Å². The van der Waals surface area contributed by atoms with Crippen LogP contribution in [0.15, 0.2) is 35.0 Å². The Kier molecular flexibility index (Phi) is 6.24. The van der Waals surface area contributed by atoms with E-state index in [4.69, 9.17) is 0 Å². The second-order valence-corrected chi connectivity index (χ2v) is 9.34. The maximum atomic E-state index is 12.7.